The first-order valence-electron chi connectivity index (χ1n) is 6.73. The Bertz CT molecular complexity index is 342. The van der Waals surface area contributed by atoms with Crippen molar-refractivity contribution in [3.05, 3.63) is 0 Å². The SMILES string of the molecule is CC(=O)N1CCN(C(=O)C2(CN)CC(C)C2)CC1. The highest BCUT2D eigenvalue weighted by molar-refractivity contribution is 5.84. The Morgan fingerprint density at radius 2 is 1.67 bits per heavy atom. The lowest BCUT2D eigenvalue weighted by molar-refractivity contribution is -0.153. The van der Waals surface area contributed by atoms with Crippen molar-refractivity contribution in [3.8, 4) is 0 Å². The van der Waals surface area contributed by atoms with E-state index in [9.17, 15) is 9.59 Å². The van der Waals surface area contributed by atoms with Gasteiger partial charge in [-0.1, -0.05) is 6.92 Å². The Balaban J connectivity index is 1.93. The fourth-order valence-electron chi connectivity index (χ4n) is 3.26. The third-order valence-electron chi connectivity index (χ3n) is 4.34. The molecule has 5 heteroatoms. The van der Waals surface area contributed by atoms with Crippen molar-refractivity contribution in [1.29, 1.82) is 0 Å². The fourth-order valence-corrected chi connectivity index (χ4v) is 3.26. The van der Waals surface area contributed by atoms with Gasteiger partial charge in [-0.3, -0.25) is 9.59 Å². The largest absolute Gasteiger partial charge is 0.339 e. The molecule has 5 nitrogen and oxygen atoms in total. The first kappa shape index (κ1) is 13.3. The van der Waals surface area contributed by atoms with Gasteiger partial charge in [-0.25, -0.2) is 0 Å². The summed E-state index contributed by atoms with van der Waals surface area (Å²) in [5.41, 5.74) is 5.49. The van der Waals surface area contributed by atoms with Crippen molar-refractivity contribution in [2.45, 2.75) is 26.7 Å². The first-order chi connectivity index (χ1) is 8.48. The third-order valence-corrected chi connectivity index (χ3v) is 4.34. The van der Waals surface area contributed by atoms with E-state index in [0.29, 0.717) is 38.6 Å². The molecule has 1 saturated heterocycles. The molecular weight excluding hydrogens is 230 g/mol. The van der Waals surface area contributed by atoms with Crippen LogP contribution in [-0.4, -0.2) is 54.3 Å². The van der Waals surface area contributed by atoms with Crippen LogP contribution in [0.5, 0.6) is 0 Å². The second-order valence-corrected chi connectivity index (χ2v) is 5.80. The van der Waals surface area contributed by atoms with Gasteiger partial charge in [0.05, 0.1) is 5.41 Å². The van der Waals surface area contributed by atoms with E-state index >= 15 is 0 Å². The molecule has 102 valence electrons. The lowest BCUT2D eigenvalue weighted by Gasteiger charge is -2.48. The van der Waals surface area contributed by atoms with E-state index in [0.717, 1.165) is 12.8 Å². The van der Waals surface area contributed by atoms with E-state index in [2.05, 4.69) is 6.92 Å². The van der Waals surface area contributed by atoms with Gasteiger partial charge < -0.3 is 15.5 Å². The molecule has 0 aromatic heterocycles. The number of piperazine rings is 1. The summed E-state index contributed by atoms with van der Waals surface area (Å²) in [5.74, 6) is 0.898. The molecule has 2 rings (SSSR count). The molecule has 18 heavy (non-hydrogen) atoms. The maximum Gasteiger partial charge on any atom is 0.230 e. The molecule has 2 amide bonds. The maximum atomic E-state index is 12.5. The molecule has 0 spiro atoms. The Morgan fingerprint density at radius 3 is 2.06 bits per heavy atom. The van der Waals surface area contributed by atoms with Gasteiger partial charge in [-0.2, -0.15) is 0 Å². The second-order valence-electron chi connectivity index (χ2n) is 5.80. The van der Waals surface area contributed by atoms with Gasteiger partial charge in [0, 0.05) is 39.6 Å². The van der Waals surface area contributed by atoms with Gasteiger partial charge in [-0.05, 0) is 18.8 Å². The minimum Gasteiger partial charge on any atom is -0.339 e. The number of carbonyl (C=O) groups excluding carboxylic acids is 2. The molecule has 0 unspecified atom stereocenters. The Morgan fingerprint density at radius 1 is 1.17 bits per heavy atom. The third kappa shape index (κ3) is 2.23. The zero-order valence-corrected chi connectivity index (χ0v) is 11.3. The summed E-state index contributed by atoms with van der Waals surface area (Å²) >= 11 is 0. The second kappa shape index (κ2) is 4.88. The molecule has 1 aliphatic heterocycles. The van der Waals surface area contributed by atoms with Crippen molar-refractivity contribution in [2.24, 2.45) is 17.1 Å². The Hall–Kier alpha value is -1.10. The molecular formula is C13H23N3O2. The van der Waals surface area contributed by atoms with Crippen LogP contribution in [0.3, 0.4) is 0 Å². The molecule has 0 aromatic rings. The number of hydrogen-bond acceptors (Lipinski definition) is 3. The highest BCUT2D eigenvalue weighted by Crippen LogP contribution is 2.46. The number of nitrogens with two attached hydrogens (primary N) is 1. The summed E-state index contributed by atoms with van der Waals surface area (Å²) in [6.07, 6.45) is 1.82. The molecule has 1 heterocycles. The van der Waals surface area contributed by atoms with Crippen LogP contribution >= 0.6 is 0 Å². The van der Waals surface area contributed by atoms with Crippen molar-refractivity contribution < 1.29 is 9.59 Å². The van der Waals surface area contributed by atoms with E-state index in [4.69, 9.17) is 5.73 Å². The van der Waals surface area contributed by atoms with Crippen LogP contribution in [0.15, 0.2) is 0 Å². The van der Waals surface area contributed by atoms with Crippen LogP contribution in [0.25, 0.3) is 0 Å². The van der Waals surface area contributed by atoms with Crippen LogP contribution in [0, 0.1) is 11.3 Å². The first-order valence-corrected chi connectivity index (χ1v) is 6.73. The predicted octanol–water partition coefficient (Wildman–Crippen LogP) is 0.0521. The van der Waals surface area contributed by atoms with Gasteiger partial charge in [0.15, 0.2) is 0 Å². The Labute approximate surface area is 108 Å². The normalized spacial score (nSPS) is 32.1. The lowest BCUT2D eigenvalue weighted by atomic mass is 9.62. The maximum absolute atomic E-state index is 12.5. The number of hydrogen-bond donors (Lipinski definition) is 1. The predicted molar refractivity (Wildman–Crippen MR) is 68.7 cm³/mol. The van der Waals surface area contributed by atoms with Gasteiger partial charge >= 0.3 is 0 Å². The van der Waals surface area contributed by atoms with Crippen molar-refractivity contribution in [1.82, 2.24) is 9.80 Å². The van der Waals surface area contributed by atoms with Crippen LogP contribution < -0.4 is 5.73 Å². The average molecular weight is 253 g/mol. The van der Waals surface area contributed by atoms with Crippen LogP contribution in [0.4, 0.5) is 0 Å². The minimum absolute atomic E-state index is 0.0907. The van der Waals surface area contributed by atoms with Crippen LogP contribution in [-0.2, 0) is 9.59 Å². The quantitative estimate of drug-likeness (QED) is 0.756. The molecule has 0 bridgehead atoms. The van der Waals surface area contributed by atoms with E-state index in [1.807, 2.05) is 4.90 Å². The number of carbonyl (C=O) groups is 2. The topological polar surface area (TPSA) is 66.6 Å². The number of amides is 2. The highest BCUT2D eigenvalue weighted by Gasteiger charge is 2.49. The molecule has 0 radical (unpaired) electrons. The summed E-state index contributed by atoms with van der Waals surface area (Å²) < 4.78 is 0. The summed E-state index contributed by atoms with van der Waals surface area (Å²) in [6, 6.07) is 0. The van der Waals surface area contributed by atoms with Gasteiger partial charge in [0.25, 0.3) is 0 Å². The average Bonchev–Trinajstić information content (AvgIpc) is 2.34. The molecule has 2 aliphatic rings. The van der Waals surface area contributed by atoms with Gasteiger partial charge in [-0.15, -0.1) is 0 Å². The number of rotatable bonds is 2. The summed E-state index contributed by atoms with van der Waals surface area (Å²) in [4.78, 5) is 27.4. The zero-order chi connectivity index (χ0) is 13.3. The summed E-state index contributed by atoms with van der Waals surface area (Å²) in [7, 11) is 0. The molecule has 2 N–H and O–H groups in total. The number of nitrogens with zero attached hydrogens (tertiary/aromatic N) is 2. The monoisotopic (exact) mass is 253 g/mol. The molecule has 0 atom stereocenters. The Kier molecular flexibility index (Phi) is 3.61. The van der Waals surface area contributed by atoms with Crippen molar-refractivity contribution in [3.63, 3.8) is 0 Å². The smallest absolute Gasteiger partial charge is 0.230 e. The van der Waals surface area contributed by atoms with E-state index in [-0.39, 0.29) is 17.2 Å². The summed E-state index contributed by atoms with van der Waals surface area (Å²) in [6.45, 7) is 6.78. The standard InChI is InChI=1S/C13H23N3O2/c1-10-7-13(8-10,9-14)12(18)16-5-3-15(4-6-16)11(2)17/h10H,3-9,14H2,1-2H3. The fraction of sp³-hybridized carbons (Fsp3) is 0.846. The van der Waals surface area contributed by atoms with E-state index in [1.54, 1.807) is 11.8 Å². The van der Waals surface area contributed by atoms with Crippen LogP contribution in [0.2, 0.25) is 0 Å². The van der Waals surface area contributed by atoms with Crippen molar-refractivity contribution in [2.75, 3.05) is 32.7 Å². The molecule has 1 saturated carbocycles. The van der Waals surface area contributed by atoms with Gasteiger partial charge in [0.2, 0.25) is 11.8 Å². The van der Waals surface area contributed by atoms with E-state index in [1.165, 1.54) is 0 Å². The zero-order valence-electron chi connectivity index (χ0n) is 11.3. The van der Waals surface area contributed by atoms with Crippen LogP contribution in [0.1, 0.15) is 26.7 Å². The summed E-state index contributed by atoms with van der Waals surface area (Å²) in [5, 5.41) is 0. The molecule has 0 aromatic carbocycles. The lowest BCUT2D eigenvalue weighted by Crippen LogP contribution is -2.59. The highest BCUT2D eigenvalue weighted by atomic mass is 16.2. The minimum atomic E-state index is -0.308. The van der Waals surface area contributed by atoms with Gasteiger partial charge in [0.1, 0.15) is 0 Å². The molecule has 2 fully saturated rings. The van der Waals surface area contributed by atoms with Crippen molar-refractivity contribution >= 4 is 11.8 Å². The molecule has 1 aliphatic carbocycles. The van der Waals surface area contributed by atoms with E-state index < -0.39 is 0 Å².